The highest BCUT2D eigenvalue weighted by atomic mass is 16.3. The summed E-state index contributed by atoms with van der Waals surface area (Å²) in [5.74, 6) is 0. The third-order valence-corrected chi connectivity index (χ3v) is 2.81. The second kappa shape index (κ2) is 5.46. The van der Waals surface area contributed by atoms with Gasteiger partial charge in [0.1, 0.15) is 0 Å². The molecule has 3 N–H and O–H groups in total. The number of aliphatic hydroxyl groups excluding tert-OH is 1. The maximum atomic E-state index is 10.0. The van der Waals surface area contributed by atoms with Gasteiger partial charge >= 0.3 is 0 Å². The third-order valence-electron chi connectivity index (χ3n) is 2.81. The van der Waals surface area contributed by atoms with Gasteiger partial charge in [0.15, 0.2) is 0 Å². The molecule has 0 aliphatic rings. The van der Waals surface area contributed by atoms with Crippen molar-refractivity contribution in [2.24, 2.45) is 0 Å². The van der Waals surface area contributed by atoms with Crippen molar-refractivity contribution in [3.63, 3.8) is 0 Å². The molecule has 3 heteroatoms. The Hall–Kier alpha value is -1.87. The zero-order chi connectivity index (χ0) is 12.1. The third kappa shape index (κ3) is 3.04. The first kappa shape index (κ1) is 11.6. The predicted molar refractivity (Wildman–Crippen MR) is 68.4 cm³/mol. The zero-order valence-corrected chi connectivity index (χ0v) is 9.58. The van der Waals surface area contributed by atoms with Gasteiger partial charge in [-0.25, -0.2) is 0 Å². The average molecular weight is 228 g/mol. The van der Waals surface area contributed by atoms with E-state index in [0.717, 1.165) is 23.2 Å². The van der Waals surface area contributed by atoms with Crippen LogP contribution in [0.5, 0.6) is 0 Å². The van der Waals surface area contributed by atoms with Crippen LogP contribution >= 0.6 is 0 Å². The SMILES string of the molecule is Nc1ccncc1CCC(O)c1ccccc1. The summed E-state index contributed by atoms with van der Waals surface area (Å²) in [5, 5.41) is 10.0. The zero-order valence-electron chi connectivity index (χ0n) is 9.58. The van der Waals surface area contributed by atoms with Crippen LogP contribution in [0.1, 0.15) is 23.7 Å². The lowest BCUT2D eigenvalue weighted by molar-refractivity contribution is 0.168. The van der Waals surface area contributed by atoms with Crippen LogP contribution < -0.4 is 5.73 Å². The number of pyridine rings is 1. The maximum absolute atomic E-state index is 10.0. The normalized spacial score (nSPS) is 12.3. The fourth-order valence-electron chi connectivity index (χ4n) is 1.78. The molecule has 1 heterocycles. The lowest BCUT2D eigenvalue weighted by Gasteiger charge is -2.11. The number of nitrogen functional groups attached to an aromatic ring is 1. The van der Waals surface area contributed by atoms with Gasteiger partial charge in [0.05, 0.1) is 6.10 Å². The minimum atomic E-state index is -0.448. The van der Waals surface area contributed by atoms with Crippen molar-refractivity contribution in [2.45, 2.75) is 18.9 Å². The van der Waals surface area contributed by atoms with E-state index in [9.17, 15) is 5.11 Å². The molecule has 0 fully saturated rings. The van der Waals surface area contributed by atoms with Gasteiger partial charge in [-0.3, -0.25) is 4.98 Å². The van der Waals surface area contributed by atoms with Crippen molar-refractivity contribution >= 4 is 5.69 Å². The van der Waals surface area contributed by atoms with Crippen LogP contribution in [-0.4, -0.2) is 10.1 Å². The van der Waals surface area contributed by atoms with Crippen molar-refractivity contribution in [3.05, 3.63) is 59.9 Å². The first-order valence-electron chi connectivity index (χ1n) is 5.69. The Kier molecular flexibility index (Phi) is 3.73. The van der Waals surface area contributed by atoms with Crippen molar-refractivity contribution in [1.82, 2.24) is 4.98 Å². The van der Waals surface area contributed by atoms with E-state index in [1.165, 1.54) is 0 Å². The molecule has 3 nitrogen and oxygen atoms in total. The van der Waals surface area contributed by atoms with Gasteiger partial charge in [0.2, 0.25) is 0 Å². The summed E-state index contributed by atoms with van der Waals surface area (Å²) in [6.45, 7) is 0. The smallest absolute Gasteiger partial charge is 0.0793 e. The minimum absolute atomic E-state index is 0.448. The summed E-state index contributed by atoms with van der Waals surface area (Å²) in [6, 6.07) is 11.4. The molecule has 1 unspecified atom stereocenters. The Morgan fingerprint density at radius 3 is 2.65 bits per heavy atom. The average Bonchev–Trinajstić information content (AvgIpc) is 2.38. The molecule has 2 aromatic rings. The monoisotopic (exact) mass is 228 g/mol. The molecule has 0 bridgehead atoms. The maximum Gasteiger partial charge on any atom is 0.0793 e. The van der Waals surface area contributed by atoms with Gasteiger partial charge in [0, 0.05) is 18.1 Å². The molecule has 1 aromatic heterocycles. The van der Waals surface area contributed by atoms with Crippen LogP contribution in [0.3, 0.4) is 0 Å². The number of hydrogen-bond acceptors (Lipinski definition) is 3. The summed E-state index contributed by atoms with van der Waals surface area (Å²) < 4.78 is 0. The predicted octanol–water partition coefficient (Wildman–Crippen LogP) is 2.33. The Morgan fingerprint density at radius 1 is 1.18 bits per heavy atom. The van der Waals surface area contributed by atoms with Crippen LogP contribution in [0.2, 0.25) is 0 Å². The van der Waals surface area contributed by atoms with E-state index >= 15 is 0 Å². The highest BCUT2D eigenvalue weighted by molar-refractivity contribution is 5.44. The van der Waals surface area contributed by atoms with Gasteiger partial charge in [-0.15, -0.1) is 0 Å². The molecule has 0 spiro atoms. The van der Waals surface area contributed by atoms with E-state index in [1.807, 2.05) is 30.3 Å². The largest absolute Gasteiger partial charge is 0.398 e. The van der Waals surface area contributed by atoms with E-state index in [4.69, 9.17) is 5.73 Å². The van der Waals surface area contributed by atoms with Gasteiger partial charge in [-0.05, 0) is 30.0 Å². The summed E-state index contributed by atoms with van der Waals surface area (Å²) in [5.41, 5.74) is 8.49. The Labute approximate surface area is 101 Å². The lowest BCUT2D eigenvalue weighted by Crippen LogP contribution is -2.01. The molecule has 0 amide bonds. The van der Waals surface area contributed by atoms with Crippen LogP contribution in [0.25, 0.3) is 0 Å². The number of rotatable bonds is 4. The molecule has 2 rings (SSSR count). The van der Waals surface area contributed by atoms with E-state index in [-0.39, 0.29) is 0 Å². The number of aromatic nitrogens is 1. The molecule has 0 saturated carbocycles. The van der Waals surface area contributed by atoms with Crippen molar-refractivity contribution in [3.8, 4) is 0 Å². The van der Waals surface area contributed by atoms with Gasteiger partial charge < -0.3 is 10.8 Å². The van der Waals surface area contributed by atoms with E-state index < -0.39 is 6.10 Å². The summed E-state index contributed by atoms with van der Waals surface area (Å²) in [6.07, 6.45) is 4.37. The molecule has 0 saturated heterocycles. The summed E-state index contributed by atoms with van der Waals surface area (Å²) >= 11 is 0. The number of anilines is 1. The second-order valence-corrected chi connectivity index (χ2v) is 4.04. The molecule has 1 aromatic carbocycles. The van der Waals surface area contributed by atoms with E-state index in [1.54, 1.807) is 18.5 Å². The summed E-state index contributed by atoms with van der Waals surface area (Å²) in [7, 11) is 0. The first-order chi connectivity index (χ1) is 8.27. The van der Waals surface area contributed by atoms with Crippen LogP contribution in [0.4, 0.5) is 5.69 Å². The quantitative estimate of drug-likeness (QED) is 0.844. The number of benzene rings is 1. The Morgan fingerprint density at radius 2 is 1.94 bits per heavy atom. The van der Waals surface area contributed by atoms with Crippen molar-refractivity contribution < 1.29 is 5.11 Å². The van der Waals surface area contributed by atoms with Gasteiger partial charge in [-0.2, -0.15) is 0 Å². The highest BCUT2D eigenvalue weighted by Crippen LogP contribution is 2.20. The molecule has 1 atom stereocenters. The summed E-state index contributed by atoms with van der Waals surface area (Å²) in [4.78, 5) is 4.03. The Balaban J connectivity index is 1.97. The molecule has 88 valence electrons. The van der Waals surface area contributed by atoms with Crippen molar-refractivity contribution in [2.75, 3.05) is 5.73 Å². The standard InChI is InChI=1S/C14H16N2O/c15-13-8-9-16-10-12(13)6-7-14(17)11-4-2-1-3-5-11/h1-5,8-10,14,17H,6-7H2,(H2,15,16). The molecule has 17 heavy (non-hydrogen) atoms. The van der Waals surface area contributed by atoms with Crippen LogP contribution in [0, 0.1) is 0 Å². The number of nitrogens with zero attached hydrogens (tertiary/aromatic N) is 1. The number of nitrogens with two attached hydrogens (primary N) is 1. The topological polar surface area (TPSA) is 59.1 Å². The van der Waals surface area contributed by atoms with Gasteiger partial charge in [-0.1, -0.05) is 30.3 Å². The first-order valence-corrected chi connectivity index (χ1v) is 5.69. The van der Waals surface area contributed by atoms with Gasteiger partial charge in [0.25, 0.3) is 0 Å². The Bertz CT molecular complexity index is 471. The van der Waals surface area contributed by atoms with Crippen LogP contribution in [0.15, 0.2) is 48.8 Å². The molecule has 0 radical (unpaired) electrons. The van der Waals surface area contributed by atoms with E-state index in [0.29, 0.717) is 6.42 Å². The van der Waals surface area contributed by atoms with E-state index in [2.05, 4.69) is 4.98 Å². The fourth-order valence-corrected chi connectivity index (χ4v) is 1.78. The van der Waals surface area contributed by atoms with Crippen molar-refractivity contribution in [1.29, 1.82) is 0 Å². The number of hydrogen-bond donors (Lipinski definition) is 2. The number of aliphatic hydroxyl groups is 1. The second-order valence-electron chi connectivity index (χ2n) is 4.04. The number of aryl methyl sites for hydroxylation is 1. The fraction of sp³-hybridized carbons (Fsp3) is 0.214. The van der Waals surface area contributed by atoms with Crippen LogP contribution in [-0.2, 0) is 6.42 Å². The minimum Gasteiger partial charge on any atom is -0.398 e. The lowest BCUT2D eigenvalue weighted by atomic mass is 10.0. The molecular weight excluding hydrogens is 212 g/mol. The molecule has 0 aliphatic carbocycles. The molecule has 0 aliphatic heterocycles. The molecular formula is C14H16N2O. The highest BCUT2D eigenvalue weighted by Gasteiger charge is 2.08.